The molecule has 0 unspecified atom stereocenters. The molecule has 1 aromatic carbocycles. The number of carbonyl (C=O) groups excluding carboxylic acids is 2. The molecule has 3 N–H and O–H groups in total. The van der Waals surface area contributed by atoms with Crippen LogP contribution in [0.5, 0.6) is 0 Å². The quantitative estimate of drug-likeness (QED) is 0.334. The average molecular weight is 492 g/mol. The first-order chi connectivity index (χ1) is 16.1. The number of aryl methyl sites for hydroxylation is 1. The van der Waals surface area contributed by atoms with E-state index in [0.29, 0.717) is 0 Å². The summed E-state index contributed by atoms with van der Waals surface area (Å²) in [5.41, 5.74) is 5.85. The van der Waals surface area contributed by atoms with Crippen molar-refractivity contribution in [2.45, 2.75) is 25.3 Å². The van der Waals surface area contributed by atoms with Gasteiger partial charge in [0.15, 0.2) is 12.4 Å². The van der Waals surface area contributed by atoms with Crippen LogP contribution in [-0.4, -0.2) is 43.5 Å². The minimum Gasteiger partial charge on any atom is -0.462 e. The molecular formula is C21H21FN4O7S. The normalized spacial score (nSPS) is 11.4. The van der Waals surface area contributed by atoms with Gasteiger partial charge in [-0.15, -0.1) is 6.58 Å². The van der Waals surface area contributed by atoms with Crippen LogP contribution in [0.25, 0.3) is 11.1 Å². The van der Waals surface area contributed by atoms with E-state index in [1.807, 2.05) is 0 Å². The van der Waals surface area contributed by atoms with Crippen molar-refractivity contribution in [1.82, 2.24) is 14.7 Å². The van der Waals surface area contributed by atoms with Crippen molar-refractivity contribution < 1.29 is 36.3 Å². The van der Waals surface area contributed by atoms with Crippen LogP contribution in [0.1, 0.15) is 39.2 Å². The Balaban J connectivity index is 1.82. The number of halogens is 1. The topological polar surface area (TPSA) is 164 Å². The molecule has 0 atom stereocenters. The lowest BCUT2D eigenvalue weighted by atomic mass is 10.2. The first-order valence-corrected chi connectivity index (χ1v) is 11.4. The summed E-state index contributed by atoms with van der Waals surface area (Å²) in [7, 11) is -4.21. The third-order valence-electron chi connectivity index (χ3n) is 4.49. The fourth-order valence-electron chi connectivity index (χ4n) is 2.99. The number of nitrogen functional groups attached to an aromatic ring is 1. The smallest absolute Gasteiger partial charge is 0.342 e. The Kier molecular flexibility index (Phi) is 7.27. The van der Waals surface area contributed by atoms with Crippen LogP contribution in [0.4, 0.5) is 10.2 Å². The number of nitrogens with zero attached hydrogens (tertiary/aromatic N) is 2. The molecule has 0 radical (unpaired) electrons. The SMILES string of the molecule is C=CCNS(=O)(=O)c1cc(C(=O)OCc2nc(N)c3c(C(=O)OCC)c(C)oc3n2)ccc1F. The van der Waals surface area contributed by atoms with Crippen LogP contribution < -0.4 is 10.5 Å². The van der Waals surface area contributed by atoms with Crippen LogP contribution in [0.2, 0.25) is 0 Å². The van der Waals surface area contributed by atoms with Crippen molar-refractivity contribution in [3.8, 4) is 0 Å². The van der Waals surface area contributed by atoms with E-state index < -0.39 is 39.3 Å². The summed E-state index contributed by atoms with van der Waals surface area (Å²) < 4.78 is 56.2. The highest BCUT2D eigenvalue weighted by molar-refractivity contribution is 7.89. The number of anilines is 1. The van der Waals surface area contributed by atoms with Crippen molar-refractivity contribution >= 4 is 38.9 Å². The highest BCUT2D eigenvalue weighted by Crippen LogP contribution is 2.29. The van der Waals surface area contributed by atoms with Crippen molar-refractivity contribution in [2.24, 2.45) is 0 Å². The van der Waals surface area contributed by atoms with Gasteiger partial charge in [0.25, 0.3) is 0 Å². The molecule has 0 aliphatic carbocycles. The zero-order chi connectivity index (χ0) is 25.0. The lowest BCUT2D eigenvalue weighted by Crippen LogP contribution is -2.25. The number of sulfonamides is 1. The number of benzene rings is 1. The molecule has 0 spiro atoms. The van der Waals surface area contributed by atoms with Gasteiger partial charge in [0.05, 0.1) is 17.6 Å². The number of hydrogen-bond donors (Lipinski definition) is 2. The average Bonchev–Trinajstić information content (AvgIpc) is 3.12. The van der Waals surface area contributed by atoms with Gasteiger partial charge in [-0.2, -0.15) is 4.98 Å². The summed E-state index contributed by atoms with van der Waals surface area (Å²) in [6, 6.07) is 2.76. The van der Waals surface area contributed by atoms with Gasteiger partial charge in [-0.05, 0) is 32.0 Å². The Morgan fingerprint density at radius 2 is 2.00 bits per heavy atom. The molecule has 2 heterocycles. The lowest BCUT2D eigenvalue weighted by molar-refractivity contribution is 0.0461. The van der Waals surface area contributed by atoms with E-state index >= 15 is 0 Å². The van der Waals surface area contributed by atoms with E-state index in [1.165, 1.54) is 13.0 Å². The largest absolute Gasteiger partial charge is 0.462 e. The van der Waals surface area contributed by atoms with Gasteiger partial charge in [-0.1, -0.05) is 6.08 Å². The molecule has 180 valence electrons. The zero-order valence-electron chi connectivity index (χ0n) is 18.3. The number of ether oxygens (including phenoxy) is 2. The number of nitrogens with one attached hydrogen (secondary N) is 1. The van der Waals surface area contributed by atoms with Crippen LogP contribution in [-0.2, 0) is 26.1 Å². The molecule has 0 saturated carbocycles. The zero-order valence-corrected chi connectivity index (χ0v) is 19.1. The maximum absolute atomic E-state index is 14.1. The Labute approximate surface area is 193 Å². The minimum atomic E-state index is -4.21. The van der Waals surface area contributed by atoms with Crippen LogP contribution in [0, 0.1) is 12.7 Å². The molecule has 0 fully saturated rings. The summed E-state index contributed by atoms with van der Waals surface area (Å²) in [6.07, 6.45) is 1.28. The Bertz CT molecular complexity index is 1390. The van der Waals surface area contributed by atoms with E-state index in [-0.39, 0.29) is 52.8 Å². The molecule has 3 aromatic rings. The number of esters is 2. The molecule has 3 rings (SSSR count). The molecule has 0 aliphatic heterocycles. The Hall–Kier alpha value is -3.84. The van der Waals surface area contributed by atoms with E-state index in [1.54, 1.807) is 6.92 Å². The van der Waals surface area contributed by atoms with Gasteiger partial charge < -0.3 is 19.6 Å². The van der Waals surface area contributed by atoms with Gasteiger partial charge in [0.1, 0.15) is 27.9 Å². The Morgan fingerprint density at radius 3 is 2.68 bits per heavy atom. The van der Waals surface area contributed by atoms with Crippen LogP contribution in [0.3, 0.4) is 0 Å². The maximum atomic E-state index is 14.1. The summed E-state index contributed by atoms with van der Waals surface area (Å²) in [6.45, 7) is 6.14. The van der Waals surface area contributed by atoms with Gasteiger partial charge in [0.2, 0.25) is 15.7 Å². The number of aromatic nitrogens is 2. The second-order valence-electron chi connectivity index (χ2n) is 6.82. The monoisotopic (exact) mass is 492 g/mol. The molecule has 0 amide bonds. The van der Waals surface area contributed by atoms with Crippen molar-refractivity contribution in [3.05, 3.63) is 59.4 Å². The number of hydrogen-bond acceptors (Lipinski definition) is 10. The Morgan fingerprint density at radius 1 is 1.26 bits per heavy atom. The summed E-state index contributed by atoms with van der Waals surface area (Å²) in [4.78, 5) is 32.1. The minimum absolute atomic E-state index is 0.00237. The molecule has 34 heavy (non-hydrogen) atoms. The third kappa shape index (κ3) is 5.05. The molecule has 0 saturated heterocycles. The van der Waals surface area contributed by atoms with Crippen LogP contribution >= 0.6 is 0 Å². The van der Waals surface area contributed by atoms with E-state index in [2.05, 4.69) is 21.3 Å². The number of carbonyl (C=O) groups is 2. The van der Waals surface area contributed by atoms with Gasteiger partial charge in [-0.25, -0.2) is 32.1 Å². The van der Waals surface area contributed by atoms with Crippen molar-refractivity contribution in [2.75, 3.05) is 18.9 Å². The van der Waals surface area contributed by atoms with Crippen molar-refractivity contribution in [1.29, 1.82) is 0 Å². The van der Waals surface area contributed by atoms with E-state index in [0.717, 1.165) is 18.2 Å². The number of rotatable bonds is 9. The molecular weight excluding hydrogens is 471 g/mol. The van der Waals surface area contributed by atoms with Gasteiger partial charge in [-0.3, -0.25) is 0 Å². The number of nitrogens with two attached hydrogens (primary N) is 1. The second kappa shape index (κ2) is 9.97. The summed E-state index contributed by atoms with van der Waals surface area (Å²) in [5, 5.41) is 0.173. The first kappa shape index (κ1) is 24.8. The number of fused-ring (bicyclic) bond motifs is 1. The highest BCUT2D eigenvalue weighted by Gasteiger charge is 2.25. The molecule has 11 nitrogen and oxygen atoms in total. The predicted molar refractivity (Wildman–Crippen MR) is 118 cm³/mol. The molecule has 2 aromatic heterocycles. The van der Waals surface area contributed by atoms with Crippen LogP contribution in [0.15, 0.2) is 40.2 Å². The highest BCUT2D eigenvalue weighted by atomic mass is 32.2. The summed E-state index contributed by atoms with van der Waals surface area (Å²) >= 11 is 0. The molecule has 0 aliphatic rings. The van der Waals surface area contributed by atoms with Crippen molar-refractivity contribution in [3.63, 3.8) is 0 Å². The maximum Gasteiger partial charge on any atom is 0.342 e. The second-order valence-corrected chi connectivity index (χ2v) is 8.56. The molecule has 0 bridgehead atoms. The lowest BCUT2D eigenvalue weighted by Gasteiger charge is -2.09. The predicted octanol–water partition coefficient (Wildman–Crippen LogP) is 2.25. The fraction of sp³-hybridized carbons (Fsp3) is 0.238. The first-order valence-electron chi connectivity index (χ1n) is 9.88. The van der Waals surface area contributed by atoms with E-state index in [9.17, 15) is 22.4 Å². The van der Waals surface area contributed by atoms with Gasteiger partial charge in [0, 0.05) is 6.54 Å². The van der Waals surface area contributed by atoms with Gasteiger partial charge >= 0.3 is 11.9 Å². The standard InChI is InChI=1S/C21H21FN4O7S/c1-4-8-24-34(29,30)14-9-12(6-7-13(14)22)20(27)32-10-15-25-18(23)17-16(21(28)31-5-2)11(3)33-19(17)26-15/h4,6-7,9,24H,1,5,8,10H2,2-3H3,(H2,23,25,26). The number of furan rings is 1. The summed E-state index contributed by atoms with van der Waals surface area (Å²) in [5.74, 6) is -2.53. The molecule has 13 heteroatoms. The third-order valence-corrected chi connectivity index (χ3v) is 5.93. The van der Waals surface area contributed by atoms with E-state index in [4.69, 9.17) is 19.6 Å². The fourth-order valence-corrected chi connectivity index (χ4v) is 4.09.